The number of amides is 2. The molecular formula is C21H24N4O3. The summed E-state index contributed by atoms with van der Waals surface area (Å²) in [5.41, 5.74) is 2.88. The average Bonchev–Trinajstić information content (AvgIpc) is 3.23. The highest BCUT2D eigenvalue weighted by Crippen LogP contribution is 2.34. The molecule has 0 unspecified atom stereocenters. The molecule has 2 N–H and O–H groups in total. The van der Waals surface area contributed by atoms with Crippen LogP contribution in [0.3, 0.4) is 0 Å². The zero-order chi connectivity index (χ0) is 19.5. The Bertz CT molecular complexity index is 954. The van der Waals surface area contributed by atoms with Gasteiger partial charge in [0.2, 0.25) is 0 Å². The molecule has 0 spiro atoms. The molecule has 3 aromatic rings. The second-order valence-electron chi connectivity index (χ2n) is 6.66. The molecule has 2 aromatic carbocycles. The van der Waals surface area contributed by atoms with Crippen molar-refractivity contribution in [1.29, 1.82) is 0 Å². The van der Waals surface area contributed by atoms with Gasteiger partial charge in [-0.15, -0.1) is 0 Å². The Morgan fingerprint density at radius 2 is 1.64 bits per heavy atom. The van der Waals surface area contributed by atoms with Crippen LogP contribution in [0.4, 0.5) is 16.2 Å². The number of fused-ring (bicyclic) bond motifs is 1. The number of benzene rings is 2. The van der Waals surface area contributed by atoms with Crippen molar-refractivity contribution in [1.82, 2.24) is 9.88 Å². The van der Waals surface area contributed by atoms with E-state index in [1.54, 1.807) is 26.4 Å². The summed E-state index contributed by atoms with van der Waals surface area (Å²) in [5.74, 6) is 1.15. The van der Waals surface area contributed by atoms with Crippen LogP contribution in [0, 0.1) is 0 Å². The van der Waals surface area contributed by atoms with E-state index in [9.17, 15) is 4.79 Å². The van der Waals surface area contributed by atoms with Crippen molar-refractivity contribution in [3.63, 3.8) is 0 Å². The minimum absolute atomic E-state index is 0.151. The summed E-state index contributed by atoms with van der Waals surface area (Å²) in [6.07, 6.45) is 1.96. The van der Waals surface area contributed by atoms with Gasteiger partial charge >= 0.3 is 6.03 Å². The molecule has 146 valence electrons. The van der Waals surface area contributed by atoms with Gasteiger partial charge in [-0.3, -0.25) is 0 Å². The summed E-state index contributed by atoms with van der Waals surface area (Å²) < 4.78 is 10.7. The highest BCUT2D eigenvalue weighted by molar-refractivity contribution is 5.94. The molecular weight excluding hydrogens is 356 g/mol. The maximum atomic E-state index is 12.8. The van der Waals surface area contributed by atoms with Crippen LogP contribution in [0.1, 0.15) is 0 Å². The van der Waals surface area contributed by atoms with Crippen molar-refractivity contribution in [3.05, 3.63) is 48.7 Å². The van der Waals surface area contributed by atoms with E-state index in [1.165, 1.54) is 11.1 Å². The minimum Gasteiger partial charge on any atom is -0.494 e. The number of urea groups is 1. The van der Waals surface area contributed by atoms with Gasteiger partial charge in [0.25, 0.3) is 0 Å². The zero-order valence-corrected chi connectivity index (χ0v) is 16.1. The van der Waals surface area contributed by atoms with Gasteiger partial charge in [-0.2, -0.15) is 0 Å². The van der Waals surface area contributed by atoms with E-state index in [0.717, 1.165) is 18.6 Å². The molecule has 1 fully saturated rings. The van der Waals surface area contributed by atoms with Crippen LogP contribution < -0.4 is 19.7 Å². The number of nitrogens with one attached hydrogen (secondary N) is 2. The van der Waals surface area contributed by atoms with E-state index in [1.807, 2.05) is 17.2 Å². The smallest absolute Gasteiger partial charge is 0.322 e. The normalized spacial score (nSPS) is 14.2. The number of rotatable bonds is 4. The van der Waals surface area contributed by atoms with Crippen molar-refractivity contribution in [2.24, 2.45) is 0 Å². The van der Waals surface area contributed by atoms with Crippen LogP contribution >= 0.6 is 0 Å². The third kappa shape index (κ3) is 3.31. The first kappa shape index (κ1) is 18.0. The predicted octanol–water partition coefficient (Wildman–Crippen LogP) is 3.54. The van der Waals surface area contributed by atoms with Gasteiger partial charge < -0.3 is 29.6 Å². The molecule has 7 heteroatoms. The highest BCUT2D eigenvalue weighted by Gasteiger charge is 2.24. The summed E-state index contributed by atoms with van der Waals surface area (Å²) in [5, 5.41) is 4.15. The summed E-state index contributed by atoms with van der Waals surface area (Å²) in [7, 11) is 3.15. The highest BCUT2D eigenvalue weighted by atomic mass is 16.5. The van der Waals surface area contributed by atoms with Crippen molar-refractivity contribution >= 4 is 28.3 Å². The maximum absolute atomic E-state index is 12.8. The summed E-state index contributed by atoms with van der Waals surface area (Å²) in [6, 6.07) is 13.6. The van der Waals surface area contributed by atoms with Gasteiger partial charge in [-0.1, -0.05) is 12.1 Å². The van der Waals surface area contributed by atoms with E-state index in [-0.39, 0.29) is 6.03 Å². The SMILES string of the molecule is COc1cccc(OC)c1NC(=O)N1CCN(c2cccc3[nH]ccc23)CC1. The molecule has 0 bridgehead atoms. The van der Waals surface area contributed by atoms with Crippen LogP contribution in [0.15, 0.2) is 48.7 Å². The summed E-state index contributed by atoms with van der Waals surface area (Å²) in [4.78, 5) is 20.2. The predicted molar refractivity (Wildman–Crippen MR) is 111 cm³/mol. The third-order valence-corrected chi connectivity index (χ3v) is 5.14. The maximum Gasteiger partial charge on any atom is 0.322 e. The van der Waals surface area contributed by atoms with Crippen molar-refractivity contribution in [2.75, 3.05) is 50.6 Å². The van der Waals surface area contributed by atoms with Crippen LogP contribution in [0.5, 0.6) is 11.5 Å². The van der Waals surface area contributed by atoms with Crippen LogP contribution in [0.25, 0.3) is 10.9 Å². The third-order valence-electron chi connectivity index (χ3n) is 5.14. The van der Waals surface area contributed by atoms with Gasteiger partial charge in [-0.05, 0) is 30.3 Å². The monoisotopic (exact) mass is 380 g/mol. The lowest BCUT2D eigenvalue weighted by Gasteiger charge is -2.36. The van der Waals surface area contributed by atoms with E-state index in [4.69, 9.17) is 9.47 Å². The molecule has 0 saturated carbocycles. The molecule has 0 aliphatic carbocycles. The molecule has 7 nitrogen and oxygen atoms in total. The number of para-hydroxylation sites is 1. The number of anilines is 2. The Balaban J connectivity index is 1.44. The lowest BCUT2D eigenvalue weighted by molar-refractivity contribution is 0.208. The molecule has 1 aromatic heterocycles. The second-order valence-corrected chi connectivity index (χ2v) is 6.66. The number of carbonyl (C=O) groups is 1. The summed E-state index contributed by atoms with van der Waals surface area (Å²) in [6.45, 7) is 2.84. The fourth-order valence-electron chi connectivity index (χ4n) is 3.66. The first-order valence-electron chi connectivity index (χ1n) is 9.29. The minimum atomic E-state index is -0.151. The number of hydrogen-bond donors (Lipinski definition) is 2. The Hall–Kier alpha value is -3.35. The topological polar surface area (TPSA) is 69.8 Å². The summed E-state index contributed by atoms with van der Waals surface area (Å²) >= 11 is 0. The van der Waals surface area contributed by atoms with E-state index < -0.39 is 0 Å². The van der Waals surface area contributed by atoms with Crippen molar-refractivity contribution < 1.29 is 14.3 Å². The molecule has 1 saturated heterocycles. The molecule has 0 radical (unpaired) electrons. The number of hydrogen-bond acceptors (Lipinski definition) is 4. The molecule has 4 rings (SSSR count). The average molecular weight is 380 g/mol. The standard InChI is InChI=1S/C21H24N4O3/c1-27-18-7-4-8-19(28-2)20(18)23-21(26)25-13-11-24(12-14-25)17-6-3-5-16-15(17)9-10-22-16/h3-10,22H,11-14H2,1-2H3,(H,23,26). The Labute approximate surface area is 163 Å². The van der Waals surface area contributed by atoms with Gasteiger partial charge in [0.15, 0.2) is 0 Å². The van der Waals surface area contributed by atoms with Gasteiger partial charge in [0.05, 0.1) is 14.2 Å². The number of carbonyl (C=O) groups excluding carboxylic acids is 1. The lowest BCUT2D eigenvalue weighted by atomic mass is 10.2. The number of piperazine rings is 1. The van der Waals surface area contributed by atoms with Crippen molar-refractivity contribution in [3.8, 4) is 11.5 Å². The number of ether oxygens (including phenoxy) is 2. The molecule has 2 amide bonds. The number of nitrogens with zero attached hydrogens (tertiary/aromatic N) is 2. The Kier molecular flexibility index (Phi) is 4.97. The van der Waals surface area contributed by atoms with Crippen LogP contribution in [-0.4, -0.2) is 56.3 Å². The molecule has 1 aliphatic heterocycles. The molecule has 0 atom stereocenters. The van der Waals surface area contributed by atoms with E-state index >= 15 is 0 Å². The van der Waals surface area contributed by atoms with E-state index in [0.29, 0.717) is 30.3 Å². The number of methoxy groups -OCH3 is 2. The fourth-order valence-corrected chi connectivity index (χ4v) is 3.66. The van der Waals surface area contributed by atoms with Crippen LogP contribution in [0.2, 0.25) is 0 Å². The first-order valence-corrected chi connectivity index (χ1v) is 9.29. The van der Waals surface area contributed by atoms with Crippen LogP contribution in [-0.2, 0) is 0 Å². The molecule has 1 aliphatic rings. The largest absolute Gasteiger partial charge is 0.494 e. The molecule has 28 heavy (non-hydrogen) atoms. The quantitative estimate of drug-likeness (QED) is 0.726. The molecule has 2 heterocycles. The second kappa shape index (κ2) is 7.72. The van der Waals surface area contributed by atoms with E-state index in [2.05, 4.69) is 39.5 Å². The zero-order valence-electron chi connectivity index (χ0n) is 16.1. The first-order chi connectivity index (χ1) is 13.7. The van der Waals surface area contributed by atoms with Gasteiger partial charge in [0, 0.05) is 49.0 Å². The number of H-pyrrole nitrogens is 1. The number of aromatic amines is 1. The fraction of sp³-hybridized carbons (Fsp3) is 0.286. The lowest BCUT2D eigenvalue weighted by Crippen LogP contribution is -2.50. The Morgan fingerprint density at radius 1 is 0.964 bits per heavy atom. The van der Waals surface area contributed by atoms with Crippen molar-refractivity contribution in [2.45, 2.75) is 0 Å². The number of aromatic nitrogens is 1. The van der Waals surface area contributed by atoms with Gasteiger partial charge in [-0.25, -0.2) is 4.79 Å². The van der Waals surface area contributed by atoms with Gasteiger partial charge in [0.1, 0.15) is 17.2 Å². The Morgan fingerprint density at radius 3 is 2.32 bits per heavy atom.